The highest BCUT2D eigenvalue weighted by molar-refractivity contribution is 7.99. The predicted molar refractivity (Wildman–Crippen MR) is 97.1 cm³/mol. The molecule has 7 nitrogen and oxygen atoms in total. The van der Waals surface area contributed by atoms with Crippen molar-refractivity contribution in [1.82, 2.24) is 0 Å². The van der Waals surface area contributed by atoms with Crippen LogP contribution in [0.3, 0.4) is 0 Å². The predicted octanol–water partition coefficient (Wildman–Crippen LogP) is 2.04. The van der Waals surface area contributed by atoms with Crippen molar-refractivity contribution in [3.8, 4) is 0 Å². The van der Waals surface area contributed by atoms with Gasteiger partial charge in [-0.05, 0) is 49.2 Å². The Bertz CT molecular complexity index is 962. The second kappa shape index (κ2) is 8.12. The first-order valence-corrected chi connectivity index (χ1v) is 10.7. The summed E-state index contributed by atoms with van der Waals surface area (Å²) in [6.45, 7) is 2.81. The maximum absolute atomic E-state index is 12.3. The Labute approximate surface area is 158 Å². The van der Waals surface area contributed by atoms with Crippen LogP contribution < -0.4 is 0 Å². The van der Waals surface area contributed by atoms with Crippen LogP contribution >= 0.6 is 0 Å². The van der Waals surface area contributed by atoms with Crippen LogP contribution in [0, 0.1) is 0 Å². The van der Waals surface area contributed by atoms with Crippen LogP contribution in [0.15, 0.2) is 58.3 Å². The summed E-state index contributed by atoms with van der Waals surface area (Å²) in [6, 6.07) is 10.4. The standard InChI is InChI=1S/C18H18O7S2/c1-13(19)11-15-3-7-17(8-4-15)26(21,22)25-27(23,24)18-9-5-16(6-10-18)12-14(2)20/h3-10H,11-12H2,1-2H3. The molecule has 0 atom stereocenters. The molecule has 0 aromatic heterocycles. The van der Waals surface area contributed by atoms with Gasteiger partial charge in [0.05, 0.1) is 9.79 Å². The van der Waals surface area contributed by atoms with Gasteiger partial charge in [-0.15, -0.1) is 3.63 Å². The first-order chi connectivity index (χ1) is 12.5. The monoisotopic (exact) mass is 410 g/mol. The third-order valence-electron chi connectivity index (χ3n) is 3.51. The molecular formula is C18H18O7S2. The van der Waals surface area contributed by atoms with Crippen molar-refractivity contribution in [2.24, 2.45) is 0 Å². The van der Waals surface area contributed by atoms with Crippen molar-refractivity contribution >= 4 is 31.8 Å². The van der Waals surface area contributed by atoms with Crippen molar-refractivity contribution in [2.75, 3.05) is 0 Å². The summed E-state index contributed by atoms with van der Waals surface area (Å²) in [5, 5.41) is 0. The number of rotatable bonds is 8. The van der Waals surface area contributed by atoms with Crippen LogP contribution in [0.5, 0.6) is 0 Å². The van der Waals surface area contributed by atoms with Gasteiger partial charge in [-0.25, -0.2) is 0 Å². The van der Waals surface area contributed by atoms with Crippen molar-refractivity contribution in [3.05, 3.63) is 59.7 Å². The molecule has 0 saturated heterocycles. The van der Waals surface area contributed by atoms with Gasteiger partial charge < -0.3 is 0 Å². The molecule has 0 saturated carbocycles. The molecule has 2 rings (SSSR count). The maximum atomic E-state index is 12.3. The molecule has 9 heteroatoms. The van der Waals surface area contributed by atoms with E-state index in [1.807, 2.05) is 0 Å². The smallest absolute Gasteiger partial charge is 0.300 e. The number of hydrogen-bond donors (Lipinski definition) is 0. The van der Waals surface area contributed by atoms with E-state index in [9.17, 15) is 26.4 Å². The van der Waals surface area contributed by atoms with E-state index in [0.717, 1.165) is 0 Å². The van der Waals surface area contributed by atoms with Crippen LogP contribution in [0.1, 0.15) is 25.0 Å². The molecule has 144 valence electrons. The summed E-state index contributed by atoms with van der Waals surface area (Å²) in [5.74, 6) is -0.171. The molecule has 0 amide bonds. The van der Waals surface area contributed by atoms with Gasteiger partial charge in [0.1, 0.15) is 11.6 Å². The number of carbonyl (C=O) groups is 2. The molecular weight excluding hydrogens is 392 g/mol. The lowest BCUT2D eigenvalue weighted by molar-refractivity contribution is -0.117. The van der Waals surface area contributed by atoms with E-state index in [0.29, 0.717) is 11.1 Å². The Hall–Kier alpha value is -2.36. The zero-order valence-corrected chi connectivity index (χ0v) is 16.3. The summed E-state index contributed by atoms with van der Waals surface area (Å²) in [6.07, 6.45) is 0.290. The first kappa shape index (κ1) is 20.9. The molecule has 0 unspecified atom stereocenters. The molecule has 0 aliphatic heterocycles. The molecule has 27 heavy (non-hydrogen) atoms. The zero-order chi connectivity index (χ0) is 20.2. The van der Waals surface area contributed by atoms with Crippen molar-refractivity contribution in [3.63, 3.8) is 0 Å². The van der Waals surface area contributed by atoms with E-state index < -0.39 is 20.2 Å². The Morgan fingerprint density at radius 3 is 1.22 bits per heavy atom. The van der Waals surface area contributed by atoms with Gasteiger partial charge in [-0.3, -0.25) is 9.59 Å². The lowest BCUT2D eigenvalue weighted by atomic mass is 10.1. The molecule has 0 bridgehead atoms. The number of ketones is 2. The van der Waals surface area contributed by atoms with E-state index in [-0.39, 0.29) is 34.2 Å². The van der Waals surface area contributed by atoms with Gasteiger partial charge in [-0.1, -0.05) is 24.3 Å². The van der Waals surface area contributed by atoms with Gasteiger partial charge in [0.25, 0.3) is 0 Å². The molecule has 0 aliphatic carbocycles. The van der Waals surface area contributed by atoms with E-state index >= 15 is 0 Å². The molecule has 0 radical (unpaired) electrons. The van der Waals surface area contributed by atoms with Gasteiger partial charge in [0, 0.05) is 12.8 Å². The topological polar surface area (TPSA) is 112 Å². The minimum absolute atomic E-state index is 0.0855. The lowest BCUT2D eigenvalue weighted by Gasteiger charge is -2.08. The normalized spacial score (nSPS) is 11.9. The van der Waals surface area contributed by atoms with Crippen LogP contribution in [-0.2, 0) is 46.3 Å². The van der Waals surface area contributed by atoms with Crippen LogP contribution in [0.4, 0.5) is 0 Å². The maximum Gasteiger partial charge on any atom is 0.311 e. The number of hydrogen-bond acceptors (Lipinski definition) is 7. The Balaban J connectivity index is 2.22. The number of benzene rings is 2. The van der Waals surface area contributed by atoms with Gasteiger partial charge >= 0.3 is 20.2 Å². The van der Waals surface area contributed by atoms with Gasteiger partial charge in [0.15, 0.2) is 0 Å². The molecule has 0 heterocycles. The highest BCUT2D eigenvalue weighted by atomic mass is 32.3. The van der Waals surface area contributed by atoms with Crippen LogP contribution in [-0.4, -0.2) is 28.4 Å². The average Bonchev–Trinajstić information content (AvgIpc) is 2.53. The summed E-state index contributed by atoms with van der Waals surface area (Å²) in [4.78, 5) is 21.5. The van der Waals surface area contributed by atoms with E-state index in [1.54, 1.807) is 0 Å². The Morgan fingerprint density at radius 2 is 0.963 bits per heavy atom. The highest BCUT2D eigenvalue weighted by Gasteiger charge is 2.26. The minimum atomic E-state index is -4.57. The fraction of sp³-hybridized carbons (Fsp3) is 0.222. The molecule has 0 fully saturated rings. The van der Waals surface area contributed by atoms with Crippen molar-refractivity contribution < 1.29 is 30.1 Å². The van der Waals surface area contributed by atoms with Crippen molar-refractivity contribution in [2.45, 2.75) is 36.5 Å². The van der Waals surface area contributed by atoms with Gasteiger partial charge in [-0.2, -0.15) is 16.8 Å². The molecule has 2 aromatic rings. The summed E-state index contributed by atoms with van der Waals surface area (Å²) >= 11 is 0. The second-order valence-corrected chi connectivity index (χ2v) is 9.33. The molecule has 0 spiro atoms. The van der Waals surface area contributed by atoms with Gasteiger partial charge in [0.2, 0.25) is 0 Å². The first-order valence-electron chi connectivity index (χ1n) is 7.87. The van der Waals surface area contributed by atoms with E-state index in [2.05, 4.69) is 3.63 Å². The average molecular weight is 410 g/mol. The summed E-state index contributed by atoms with van der Waals surface area (Å²) in [7, 11) is -9.13. The quantitative estimate of drug-likeness (QED) is 0.654. The third-order valence-corrected chi connectivity index (χ3v) is 6.64. The second-order valence-electron chi connectivity index (χ2n) is 6.02. The zero-order valence-electron chi connectivity index (χ0n) is 14.7. The van der Waals surface area contributed by atoms with Crippen LogP contribution in [0.25, 0.3) is 0 Å². The van der Waals surface area contributed by atoms with E-state index in [1.165, 1.54) is 62.4 Å². The molecule has 2 aromatic carbocycles. The fourth-order valence-electron chi connectivity index (χ4n) is 2.32. The largest absolute Gasteiger partial charge is 0.311 e. The Morgan fingerprint density at radius 1 is 0.667 bits per heavy atom. The highest BCUT2D eigenvalue weighted by Crippen LogP contribution is 2.21. The SMILES string of the molecule is CC(=O)Cc1ccc(S(=O)(=O)OS(=O)(=O)c2ccc(CC(C)=O)cc2)cc1. The number of Topliss-reactive ketones (excluding diaryl/α,β-unsaturated/α-hetero) is 2. The molecule has 0 N–H and O–H groups in total. The van der Waals surface area contributed by atoms with Crippen molar-refractivity contribution in [1.29, 1.82) is 0 Å². The number of carbonyl (C=O) groups excluding carboxylic acids is 2. The fourth-order valence-corrected chi connectivity index (χ4v) is 4.83. The summed E-state index contributed by atoms with van der Waals surface area (Å²) < 4.78 is 53.5. The molecule has 0 aliphatic rings. The summed E-state index contributed by atoms with van der Waals surface area (Å²) in [5.41, 5.74) is 1.20. The minimum Gasteiger partial charge on any atom is -0.300 e. The lowest BCUT2D eigenvalue weighted by Crippen LogP contribution is -2.14. The third kappa shape index (κ3) is 5.81. The van der Waals surface area contributed by atoms with Crippen LogP contribution in [0.2, 0.25) is 0 Å². The Kier molecular flexibility index (Phi) is 6.30. The van der Waals surface area contributed by atoms with E-state index in [4.69, 9.17) is 0 Å².